The molecule has 0 spiro atoms. The maximum absolute atomic E-state index is 13.0. The summed E-state index contributed by atoms with van der Waals surface area (Å²) in [6, 6.07) is 14.2. The molecule has 0 saturated carbocycles. The topological polar surface area (TPSA) is 69.7 Å². The number of hydrogen-bond donors (Lipinski definition) is 1. The zero-order chi connectivity index (χ0) is 30.6. The first-order chi connectivity index (χ1) is 20.1. The second kappa shape index (κ2) is 16.5. The number of aryl methyl sites for hydroxylation is 2. The number of carbonyl (C=O) groups is 3. The number of unbranched alkanes of at least 4 members (excludes halogenated alkanes) is 1. The van der Waals surface area contributed by atoms with Crippen LogP contribution < -0.4 is 5.32 Å². The Labute approximate surface area is 254 Å². The number of carbonyl (C=O) groups excluding carboxylic acids is 3. The Kier molecular flexibility index (Phi) is 13.1. The van der Waals surface area contributed by atoms with E-state index in [-0.39, 0.29) is 36.1 Å². The number of nitrogens with zero attached hydrogens (tertiary/aromatic N) is 2. The predicted octanol–water partition coefficient (Wildman–Crippen LogP) is 8.09. The van der Waals surface area contributed by atoms with E-state index in [0.717, 1.165) is 35.6 Å². The fourth-order valence-corrected chi connectivity index (χ4v) is 6.05. The number of rotatable bonds is 11. The third-order valence-corrected chi connectivity index (χ3v) is 9.00. The molecule has 2 atom stereocenters. The summed E-state index contributed by atoms with van der Waals surface area (Å²) in [6.45, 7) is 14.4. The number of urea groups is 1. The number of nitrogens with one attached hydrogen (secondary N) is 1. The van der Waals surface area contributed by atoms with E-state index < -0.39 is 0 Å². The normalized spacial score (nSPS) is 16.6. The highest BCUT2D eigenvalue weighted by Gasteiger charge is 2.33. The van der Waals surface area contributed by atoms with Gasteiger partial charge in [-0.15, -0.1) is 0 Å². The van der Waals surface area contributed by atoms with Gasteiger partial charge < -0.3 is 15.1 Å². The third-order valence-electron chi connectivity index (χ3n) is 9.00. The third kappa shape index (κ3) is 9.71. The molecular formula is C36H53N3O3. The van der Waals surface area contributed by atoms with Gasteiger partial charge in [0.25, 0.3) is 0 Å². The monoisotopic (exact) mass is 575 g/mol. The first kappa shape index (κ1) is 33.4. The van der Waals surface area contributed by atoms with Crippen molar-refractivity contribution in [3.63, 3.8) is 0 Å². The highest BCUT2D eigenvalue weighted by atomic mass is 16.2. The molecule has 3 amide bonds. The van der Waals surface area contributed by atoms with E-state index in [0.29, 0.717) is 26.1 Å². The molecule has 2 heterocycles. The number of para-hydroxylation sites is 1. The molecule has 0 radical (unpaired) electrons. The van der Waals surface area contributed by atoms with Gasteiger partial charge in [-0.3, -0.25) is 9.59 Å². The summed E-state index contributed by atoms with van der Waals surface area (Å²) in [5.74, 6) is 0.752. The number of fused-ring (bicyclic) bond motifs is 1. The van der Waals surface area contributed by atoms with Crippen LogP contribution in [0, 0.1) is 25.7 Å². The van der Waals surface area contributed by atoms with E-state index >= 15 is 0 Å². The molecular weight excluding hydrogens is 522 g/mol. The summed E-state index contributed by atoms with van der Waals surface area (Å²) in [7, 11) is 0. The van der Waals surface area contributed by atoms with Crippen LogP contribution >= 0.6 is 0 Å². The van der Waals surface area contributed by atoms with Gasteiger partial charge in [-0.2, -0.15) is 0 Å². The van der Waals surface area contributed by atoms with E-state index in [9.17, 15) is 14.4 Å². The summed E-state index contributed by atoms with van der Waals surface area (Å²) < 4.78 is 0. The number of Topliss-reactive ketones (excluding diaryl/α,β-unsaturated/α-hetero) is 1. The van der Waals surface area contributed by atoms with Crippen LogP contribution in [0.2, 0.25) is 0 Å². The number of amides is 3. The Morgan fingerprint density at radius 2 is 1.69 bits per heavy atom. The fraction of sp³-hybridized carbons (Fsp3) is 0.583. The van der Waals surface area contributed by atoms with Crippen LogP contribution in [-0.4, -0.2) is 46.7 Å². The number of benzene rings is 2. The van der Waals surface area contributed by atoms with E-state index in [1.807, 2.05) is 34.1 Å². The summed E-state index contributed by atoms with van der Waals surface area (Å²) in [5.41, 5.74) is 5.52. The molecule has 6 nitrogen and oxygen atoms in total. The zero-order valence-corrected chi connectivity index (χ0v) is 26.9. The van der Waals surface area contributed by atoms with Gasteiger partial charge in [0.2, 0.25) is 5.91 Å². The first-order valence-corrected chi connectivity index (χ1v) is 16.1. The molecule has 1 saturated heterocycles. The zero-order valence-electron chi connectivity index (χ0n) is 26.9. The summed E-state index contributed by atoms with van der Waals surface area (Å²) in [5, 5.41) is 2.98. The van der Waals surface area contributed by atoms with Crippen LogP contribution in [0.15, 0.2) is 42.5 Å². The van der Waals surface area contributed by atoms with E-state index in [1.165, 1.54) is 43.2 Å². The van der Waals surface area contributed by atoms with Crippen LogP contribution in [0.3, 0.4) is 0 Å². The van der Waals surface area contributed by atoms with Gasteiger partial charge in [0.1, 0.15) is 5.78 Å². The van der Waals surface area contributed by atoms with Crippen molar-refractivity contribution in [2.45, 2.75) is 112 Å². The van der Waals surface area contributed by atoms with Crippen molar-refractivity contribution in [1.82, 2.24) is 9.80 Å². The van der Waals surface area contributed by atoms with Gasteiger partial charge in [0.05, 0.1) is 0 Å². The highest BCUT2D eigenvalue weighted by molar-refractivity contribution is 5.92. The minimum atomic E-state index is -0.304. The highest BCUT2D eigenvalue weighted by Crippen LogP contribution is 2.28. The molecule has 0 aliphatic carbocycles. The molecule has 2 aliphatic heterocycles. The SMILES string of the molecule is CC(=O)C(CC(=O)N1CCC(N2Cc3ccccc3NC2=O)CC1)Cc1ccc(C)c(C)c1.CCCCC(C)CCC. The lowest BCUT2D eigenvalue weighted by molar-refractivity contribution is -0.136. The summed E-state index contributed by atoms with van der Waals surface area (Å²) in [4.78, 5) is 41.7. The van der Waals surface area contributed by atoms with Crippen LogP contribution in [0.5, 0.6) is 0 Å². The lowest BCUT2D eigenvalue weighted by atomic mass is 9.90. The van der Waals surface area contributed by atoms with Crippen molar-refractivity contribution >= 4 is 23.4 Å². The average molecular weight is 576 g/mol. The molecule has 2 aliphatic rings. The van der Waals surface area contributed by atoms with Gasteiger partial charge >= 0.3 is 6.03 Å². The predicted molar refractivity (Wildman–Crippen MR) is 173 cm³/mol. The Morgan fingerprint density at radius 3 is 2.33 bits per heavy atom. The van der Waals surface area contributed by atoms with Crippen LogP contribution in [-0.2, 0) is 22.6 Å². The fourth-order valence-electron chi connectivity index (χ4n) is 6.05. The van der Waals surface area contributed by atoms with Crippen LogP contribution in [0.25, 0.3) is 0 Å². The number of hydrogen-bond acceptors (Lipinski definition) is 3. The molecule has 1 fully saturated rings. The second-order valence-electron chi connectivity index (χ2n) is 12.5. The van der Waals surface area contributed by atoms with Crippen molar-refractivity contribution in [2.75, 3.05) is 18.4 Å². The molecule has 6 heteroatoms. The van der Waals surface area contributed by atoms with Crippen molar-refractivity contribution in [2.24, 2.45) is 11.8 Å². The maximum Gasteiger partial charge on any atom is 0.322 e. The molecule has 1 N–H and O–H groups in total. The lowest BCUT2D eigenvalue weighted by Crippen LogP contribution is -2.51. The quantitative estimate of drug-likeness (QED) is 0.294. The molecule has 42 heavy (non-hydrogen) atoms. The van der Waals surface area contributed by atoms with Gasteiger partial charge in [-0.05, 0) is 74.3 Å². The van der Waals surface area contributed by atoms with Crippen molar-refractivity contribution in [1.29, 1.82) is 0 Å². The Balaban J connectivity index is 0.000000467. The summed E-state index contributed by atoms with van der Waals surface area (Å²) in [6.07, 6.45) is 9.31. The minimum absolute atomic E-state index is 0.0333. The second-order valence-corrected chi connectivity index (χ2v) is 12.5. The van der Waals surface area contributed by atoms with E-state index in [1.54, 1.807) is 6.92 Å². The smallest absolute Gasteiger partial charge is 0.322 e. The maximum atomic E-state index is 13.0. The van der Waals surface area contributed by atoms with Crippen molar-refractivity contribution in [3.8, 4) is 0 Å². The number of piperidine rings is 1. The Morgan fingerprint density at radius 1 is 0.976 bits per heavy atom. The Bertz CT molecular complexity index is 1190. The molecule has 0 bridgehead atoms. The number of anilines is 1. The molecule has 0 aromatic heterocycles. The van der Waals surface area contributed by atoms with Crippen LogP contribution in [0.1, 0.15) is 101 Å². The van der Waals surface area contributed by atoms with Crippen LogP contribution in [0.4, 0.5) is 10.5 Å². The first-order valence-electron chi connectivity index (χ1n) is 16.1. The van der Waals surface area contributed by atoms with E-state index in [2.05, 4.69) is 58.1 Å². The van der Waals surface area contributed by atoms with Gasteiger partial charge in [0, 0.05) is 43.7 Å². The van der Waals surface area contributed by atoms with Crippen molar-refractivity contribution in [3.05, 3.63) is 64.7 Å². The molecule has 2 aromatic carbocycles. The standard InChI is InChI=1S/C27H33N3O3.C9H20/c1-18-8-9-21(14-19(18)2)15-23(20(3)31)16-26(32)29-12-10-24(11-13-29)30-17-22-6-4-5-7-25(22)28-27(30)33;1-4-6-8-9(3)7-5-2/h4-9,14,23-24H,10-13,15-17H2,1-3H3,(H,28,33);9H,4-8H2,1-3H3. The molecule has 4 rings (SSSR count). The molecule has 2 unspecified atom stereocenters. The number of likely N-dealkylation sites (tertiary alicyclic amines) is 1. The minimum Gasteiger partial charge on any atom is -0.343 e. The summed E-state index contributed by atoms with van der Waals surface area (Å²) >= 11 is 0. The van der Waals surface area contributed by atoms with Gasteiger partial charge in [-0.1, -0.05) is 89.3 Å². The van der Waals surface area contributed by atoms with Gasteiger partial charge in [-0.25, -0.2) is 4.79 Å². The van der Waals surface area contributed by atoms with E-state index in [4.69, 9.17) is 0 Å². The number of ketones is 1. The molecule has 2 aromatic rings. The lowest BCUT2D eigenvalue weighted by Gasteiger charge is -2.40. The largest absolute Gasteiger partial charge is 0.343 e. The average Bonchev–Trinajstić information content (AvgIpc) is 2.97. The molecule has 230 valence electrons. The van der Waals surface area contributed by atoms with Crippen molar-refractivity contribution < 1.29 is 14.4 Å². The van der Waals surface area contributed by atoms with Gasteiger partial charge in [0.15, 0.2) is 0 Å². The Hall–Kier alpha value is -3.15.